The maximum absolute atomic E-state index is 11.5. The number of benzene rings is 1. The van der Waals surface area contributed by atoms with Gasteiger partial charge in [0.25, 0.3) is 5.56 Å². The van der Waals surface area contributed by atoms with Gasteiger partial charge in [0.1, 0.15) is 0 Å². The van der Waals surface area contributed by atoms with Crippen LogP contribution in [0.3, 0.4) is 0 Å². The number of thiophene rings is 1. The number of nitrogens with zero attached hydrogens (tertiary/aromatic N) is 2. The molecule has 0 atom stereocenters. The lowest BCUT2D eigenvalue weighted by Gasteiger charge is -2.32. The van der Waals surface area contributed by atoms with E-state index in [-0.39, 0.29) is 23.9 Å². The number of hydrogen-bond donors (Lipinski definition) is 1. The Morgan fingerprint density at radius 2 is 1.79 bits per heavy atom. The summed E-state index contributed by atoms with van der Waals surface area (Å²) >= 11 is 8.38. The summed E-state index contributed by atoms with van der Waals surface area (Å²) in [4.78, 5) is 12.7. The number of aromatic nitrogens is 3. The maximum Gasteiger partial charge on any atom is 0.494 e. The first-order chi connectivity index (χ1) is 15.5. The molecule has 1 N–H and O–H groups in total. The van der Waals surface area contributed by atoms with E-state index in [9.17, 15) is 4.79 Å². The fourth-order valence-electron chi connectivity index (χ4n) is 3.31. The largest absolute Gasteiger partial charge is 0.494 e. The summed E-state index contributed by atoms with van der Waals surface area (Å²) < 4.78 is 15.7. The SMILES string of the molecule is CC1(C)OB(c2ccc3cn[nH]c3c2)OC1(C)C.O=c1ccc(Br)cn1Cc1cc(Br)cs1. The molecule has 4 aromatic rings. The van der Waals surface area contributed by atoms with E-state index in [2.05, 4.69) is 69.8 Å². The van der Waals surface area contributed by atoms with Crippen molar-refractivity contribution in [1.29, 1.82) is 0 Å². The highest BCUT2D eigenvalue weighted by molar-refractivity contribution is 9.10. The first-order valence-corrected chi connectivity index (χ1v) is 12.9. The quantitative estimate of drug-likeness (QED) is 0.326. The van der Waals surface area contributed by atoms with Crippen LogP contribution < -0.4 is 11.0 Å². The molecule has 0 bridgehead atoms. The molecule has 1 aliphatic heterocycles. The van der Waals surface area contributed by atoms with Crippen molar-refractivity contribution in [3.05, 3.63) is 78.3 Å². The number of aromatic amines is 1. The third-order valence-corrected chi connectivity index (χ3v) is 8.04. The van der Waals surface area contributed by atoms with Gasteiger partial charge in [-0.25, -0.2) is 0 Å². The molecule has 6 nitrogen and oxygen atoms in total. The monoisotopic (exact) mass is 591 g/mol. The molecule has 1 saturated heterocycles. The van der Waals surface area contributed by atoms with Crippen LogP contribution in [-0.4, -0.2) is 33.1 Å². The Labute approximate surface area is 213 Å². The molecule has 1 aromatic carbocycles. The van der Waals surface area contributed by atoms with Gasteiger partial charge in [0.05, 0.1) is 29.5 Å². The number of rotatable bonds is 3. The zero-order valence-electron chi connectivity index (χ0n) is 18.8. The van der Waals surface area contributed by atoms with Crippen molar-refractivity contribution in [1.82, 2.24) is 14.8 Å². The lowest BCUT2D eigenvalue weighted by atomic mass is 9.79. The van der Waals surface area contributed by atoms with Gasteiger partial charge in [-0.3, -0.25) is 9.89 Å². The predicted molar refractivity (Wildman–Crippen MR) is 141 cm³/mol. The first-order valence-electron chi connectivity index (χ1n) is 10.4. The summed E-state index contributed by atoms with van der Waals surface area (Å²) in [6.07, 6.45) is 3.61. The Kier molecular flexibility index (Phi) is 7.03. The summed E-state index contributed by atoms with van der Waals surface area (Å²) in [6, 6.07) is 11.4. The van der Waals surface area contributed by atoms with Gasteiger partial charge in [-0.2, -0.15) is 5.10 Å². The number of H-pyrrole nitrogens is 1. The first kappa shape index (κ1) is 24.4. The molecule has 33 heavy (non-hydrogen) atoms. The van der Waals surface area contributed by atoms with Crippen LogP contribution in [0.4, 0.5) is 0 Å². The van der Waals surface area contributed by atoms with Crippen molar-refractivity contribution in [2.24, 2.45) is 0 Å². The minimum absolute atomic E-state index is 0.0164. The van der Waals surface area contributed by atoms with Crippen molar-refractivity contribution in [2.75, 3.05) is 0 Å². The fourth-order valence-corrected chi connectivity index (χ4v) is 5.14. The molecule has 3 aromatic heterocycles. The van der Waals surface area contributed by atoms with E-state index in [0.29, 0.717) is 6.54 Å². The van der Waals surface area contributed by atoms with E-state index >= 15 is 0 Å². The third-order valence-electron chi connectivity index (χ3n) is 5.89. The van der Waals surface area contributed by atoms with Gasteiger partial charge in [0, 0.05) is 36.9 Å². The van der Waals surface area contributed by atoms with Gasteiger partial charge in [-0.15, -0.1) is 11.3 Å². The molecular formula is C23H24BBr2N3O3S. The normalized spacial score (nSPS) is 16.6. The van der Waals surface area contributed by atoms with Gasteiger partial charge < -0.3 is 13.9 Å². The van der Waals surface area contributed by atoms with Crippen molar-refractivity contribution in [3.63, 3.8) is 0 Å². The van der Waals surface area contributed by atoms with Crippen LogP contribution in [0.15, 0.2) is 67.9 Å². The Morgan fingerprint density at radius 3 is 2.45 bits per heavy atom. The lowest BCUT2D eigenvalue weighted by Crippen LogP contribution is -2.41. The van der Waals surface area contributed by atoms with Crippen molar-refractivity contribution in [3.8, 4) is 0 Å². The summed E-state index contributed by atoms with van der Waals surface area (Å²) in [7, 11) is -0.317. The van der Waals surface area contributed by atoms with Gasteiger partial charge >= 0.3 is 7.12 Å². The smallest absolute Gasteiger partial charge is 0.399 e. The number of pyridine rings is 1. The standard InChI is InChI=1S/C13H17BN2O2.C10H7Br2NOS/c1-12(2)13(3,4)18-14(17-12)10-6-5-9-8-15-16-11(9)7-10;11-7-1-2-10(14)13(4-7)5-9-3-8(12)6-15-9/h5-8H,1-4H3,(H,15,16);1-4,6H,5H2. The number of hydrogen-bond acceptors (Lipinski definition) is 5. The van der Waals surface area contributed by atoms with E-state index in [4.69, 9.17) is 9.31 Å². The minimum Gasteiger partial charge on any atom is -0.399 e. The number of fused-ring (bicyclic) bond motifs is 1. The molecule has 5 rings (SSSR count). The average molecular weight is 593 g/mol. The van der Waals surface area contributed by atoms with Crippen LogP contribution in [0.1, 0.15) is 32.6 Å². The van der Waals surface area contributed by atoms with Crippen molar-refractivity contribution in [2.45, 2.75) is 45.4 Å². The molecule has 0 amide bonds. The van der Waals surface area contributed by atoms with Crippen molar-refractivity contribution < 1.29 is 9.31 Å². The molecule has 0 unspecified atom stereocenters. The molecule has 1 aliphatic rings. The molecular weight excluding hydrogens is 569 g/mol. The van der Waals surface area contributed by atoms with E-state index in [1.54, 1.807) is 34.2 Å². The van der Waals surface area contributed by atoms with Crippen LogP contribution in [0.2, 0.25) is 0 Å². The number of nitrogens with one attached hydrogen (secondary N) is 1. The van der Waals surface area contributed by atoms with Gasteiger partial charge in [-0.1, -0.05) is 12.1 Å². The highest BCUT2D eigenvalue weighted by Gasteiger charge is 2.51. The summed E-state index contributed by atoms with van der Waals surface area (Å²) in [6.45, 7) is 8.85. The second-order valence-corrected chi connectivity index (χ2v) is 11.7. The van der Waals surface area contributed by atoms with E-state index < -0.39 is 0 Å². The van der Waals surface area contributed by atoms with E-state index in [1.807, 2.05) is 35.8 Å². The van der Waals surface area contributed by atoms with Gasteiger partial charge in [0.2, 0.25) is 0 Å². The molecule has 0 saturated carbocycles. The van der Waals surface area contributed by atoms with E-state index in [0.717, 1.165) is 30.2 Å². The highest BCUT2D eigenvalue weighted by Crippen LogP contribution is 2.36. The predicted octanol–water partition coefficient (Wildman–Crippen LogP) is 5.35. The lowest BCUT2D eigenvalue weighted by molar-refractivity contribution is 0.00578. The zero-order valence-corrected chi connectivity index (χ0v) is 22.8. The van der Waals surface area contributed by atoms with Crippen LogP contribution in [0, 0.1) is 0 Å². The highest BCUT2D eigenvalue weighted by atomic mass is 79.9. The minimum atomic E-state index is -0.317. The Balaban J connectivity index is 0.000000160. The van der Waals surface area contributed by atoms with E-state index in [1.165, 1.54) is 0 Å². The average Bonchev–Trinajstić information content (AvgIpc) is 3.43. The number of halogens is 2. The zero-order chi connectivity index (χ0) is 23.8. The fraction of sp³-hybridized carbons (Fsp3) is 0.304. The topological polar surface area (TPSA) is 69.1 Å². The Hall–Kier alpha value is -1.72. The molecule has 172 valence electrons. The second kappa shape index (κ2) is 9.50. The van der Waals surface area contributed by atoms with Crippen LogP contribution in [-0.2, 0) is 15.9 Å². The molecule has 10 heteroatoms. The van der Waals surface area contributed by atoms with Crippen LogP contribution in [0.25, 0.3) is 10.9 Å². The Morgan fingerprint density at radius 1 is 1.06 bits per heavy atom. The molecule has 0 radical (unpaired) electrons. The third kappa shape index (κ3) is 5.51. The van der Waals surface area contributed by atoms with Crippen LogP contribution >= 0.6 is 43.2 Å². The summed E-state index contributed by atoms with van der Waals surface area (Å²) in [5, 5.41) is 10.1. The summed E-state index contributed by atoms with van der Waals surface area (Å²) in [5.74, 6) is 0. The molecule has 0 aliphatic carbocycles. The molecule has 4 heterocycles. The second-order valence-electron chi connectivity index (χ2n) is 8.85. The Bertz CT molecular complexity index is 1320. The molecule has 0 spiro atoms. The van der Waals surface area contributed by atoms with Crippen LogP contribution in [0.5, 0.6) is 0 Å². The van der Waals surface area contributed by atoms with Crippen molar-refractivity contribution >= 4 is 66.7 Å². The summed E-state index contributed by atoms with van der Waals surface area (Å²) in [5.41, 5.74) is 1.43. The molecule has 1 fully saturated rings. The van der Waals surface area contributed by atoms with Gasteiger partial charge in [0.15, 0.2) is 0 Å². The van der Waals surface area contributed by atoms with Gasteiger partial charge in [-0.05, 0) is 83.2 Å². The maximum atomic E-state index is 11.5.